The molecule has 1 amide bonds. The van der Waals surface area contributed by atoms with Gasteiger partial charge in [0.25, 0.3) is 0 Å². The highest BCUT2D eigenvalue weighted by Crippen LogP contribution is 2.28. The number of hydrogen-bond acceptors (Lipinski definition) is 5. The van der Waals surface area contributed by atoms with Crippen molar-refractivity contribution < 1.29 is 18.4 Å². The molecule has 8 heteroatoms. The van der Waals surface area contributed by atoms with E-state index in [9.17, 15) is 13.7 Å². The molecule has 2 aliphatic heterocycles. The summed E-state index contributed by atoms with van der Waals surface area (Å²) in [5.74, 6) is 0.144. The van der Waals surface area contributed by atoms with Crippen molar-refractivity contribution >= 4 is 17.6 Å². The lowest BCUT2D eigenvalue weighted by Crippen LogP contribution is -2.52. The lowest BCUT2D eigenvalue weighted by molar-refractivity contribution is 0.0187. The van der Waals surface area contributed by atoms with E-state index in [1.807, 2.05) is 25.7 Å². The van der Waals surface area contributed by atoms with Crippen LogP contribution < -0.4 is 5.12 Å². The number of carbonyl (C=O) groups is 1. The number of hydrogen-bond donors (Lipinski definition) is 0. The van der Waals surface area contributed by atoms with E-state index in [1.165, 1.54) is 18.2 Å². The number of fused-ring (bicyclic) bond motifs is 1. The molecule has 0 radical (unpaired) electrons. The van der Waals surface area contributed by atoms with E-state index in [0.717, 1.165) is 0 Å². The molecule has 0 saturated carbocycles. The van der Waals surface area contributed by atoms with E-state index in [1.54, 1.807) is 4.90 Å². The van der Waals surface area contributed by atoms with Gasteiger partial charge in [0.2, 0.25) is 0 Å². The van der Waals surface area contributed by atoms with Crippen LogP contribution in [0.3, 0.4) is 0 Å². The van der Waals surface area contributed by atoms with Gasteiger partial charge in [-0.15, -0.1) is 0 Å². The molecule has 2 aliphatic rings. The number of piperazine rings is 1. The first-order chi connectivity index (χ1) is 11.7. The van der Waals surface area contributed by atoms with Crippen LogP contribution in [0.5, 0.6) is 0 Å². The van der Waals surface area contributed by atoms with Crippen molar-refractivity contribution in [3.05, 3.63) is 29.6 Å². The quantitative estimate of drug-likeness (QED) is 0.674. The maximum atomic E-state index is 13.9. The number of amidine groups is 1. The Labute approximate surface area is 145 Å². The molecular formula is C17H22F2N4O2. The largest absolute Gasteiger partial charge is 0.444 e. The average Bonchev–Trinajstić information content (AvgIpc) is 2.54. The van der Waals surface area contributed by atoms with Crippen molar-refractivity contribution in [3.63, 3.8) is 0 Å². The van der Waals surface area contributed by atoms with Gasteiger partial charge in [0.05, 0.1) is 5.69 Å². The van der Waals surface area contributed by atoms with Crippen molar-refractivity contribution in [1.82, 2.24) is 9.80 Å². The van der Waals surface area contributed by atoms with E-state index in [2.05, 4.69) is 4.99 Å². The van der Waals surface area contributed by atoms with Gasteiger partial charge in [-0.2, -0.15) is 5.12 Å². The molecule has 0 spiro atoms. The third kappa shape index (κ3) is 3.83. The zero-order chi connectivity index (χ0) is 18.2. The normalized spacial score (nSPS) is 18.0. The van der Waals surface area contributed by atoms with Crippen LogP contribution in [0.15, 0.2) is 23.2 Å². The molecule has 6 nitrogen and oxygen atoms in total. The molecule has 1 aromatic carbocycles. The Morgan fingerprint density at radius 1 is 1.20 bits per heavy atom. The Kier molecular flexibility index (Phi) is 4.53. The van der Waals surface area contributed by atoms with E-state index < -0.39 is 11.4 Å². The summed E-state index contributed by atoms with van der Waals surface area (Å²) in [5.41, 5.74) is 0.204. The number of carbonyl (C=O) groups excluding carboxylic acids is 1. The smallest absolute Gasteiger partial charge is 0.410 e. The standard InChI is InChI=1S/C17H22F2N4O2/c1-17(2,3)25-16(24)22-8-6-21(7-9-22)15-13-5-4-12(18)10-14(13)23(19)11-20-15/h4-5,10H,6-9,11H2,1-3H3. The number of benzene rings is 1. The molecule has 0 N–H and O–H groups in total. The second-order valence-electron chi connectivity index (χ2n) is 7.10. The van der Waals surface area contributed by atoms with Gasteiger partial charge in [0.15, 0.2) is 0 Å². The number of aliphatic imine (C=N–C) groups is 1. The summed E-state index contributed by atoms with van der Waals surface area (Å²) in [6.45, 7) is 7.41. The van der Waals surface area contributed by atoms with Gasteiger partial charge < -0.3 is 14.5 Å². The molecular weight excluding hydrogens is 330 g/mol. The number of amides is 1. The summed E-state index contributed by atoms with van der Waals surface area (Å²) in [4.78, 5) is 20.0. The third-order valence-electron chi connectivity index (χ3n) is 4.04. The summed E-state index contributed by atoms with van der Waals surface area (Å²) < 4.78 is 32.7. The maximum absolute atomic E-state index is 13.9. The molecule has 136 valence electrons. The van der Waals surface area contributed by atoms with Crippen LogP contribution in [0, 0.1) is 5.82 Å². The lowest BCUT2D eigenvalue weighted by Gasteiger charge is -2.38. The number of anilines is 1. The van der Waals surface area contributed by atoms with Crippen molar-refractivity contribution in [2.75, 3.05) is 38.0 Å². The molecule has 0 unspecified atom stereocenters. The predicted octanol–water partition coefficient (Wildman–Crippen LogP) is 2.79. The first-order valence-electron chi connectivity index (χ1n) is 8.25. The van der Waals surface area contributed by atoms with Crippen molar-refractivity contribution in [3.8, 4) is 0 Å². The SMILES string of the molecule is CC(C)(C)OC(=O)N1CCN(C2=NCN(F)c3cc(F)ccc32)CC1. The minimum Gasteiger partial charge on any atom is -0.444 e. The van der Waals surface area contributed by atoms with Crippen LogP contribution in [0.2, 0.25) is 0 Å². The number of ether oxygens (including phenoxy) is 1. The monoisotopic (exact) mass is 352 g/mol. The van der Waals surface area contributed by atoms with Crippen LogP contribution in [0.1, 0.15) is 26.3 Å². The third-order valence-corrected chi connectivity index (χ3v) is 4.04. The van der Waals surface area contributed by atoms with Crippen LogP contribution in [-0.2, 0) is 4.74 Å². The van der Waals surface area contributed by atoms with E-state index in [0.29, 0.717) is 42.7 Å². The summed E-state index contributed by atoms with van der Waals surface area (Å²) >= 11 is 0. The van der Waals surface area contributed by atoms with E-state index in [-0.39, 0.29) is 18.4 Å². The molecule has 0 atom stereocenters. The van der Waals surface area contributed by atoms with Gasteiger partial charge in [0, 0.05) is 37.8 Å². The minimum atomic E-state index is -0.532. The van der Waals surface area contributed by atoms with Crippen molar-refractivity contribution in [2.24, 2.45) is 4.99 Å². The molecule has 3 rings (SSSR count). The minimum absolute atomic E-state index is 0.169. The van der Waals surface area contributed by atoms with Crippen LogP contribution in [0.4, 0.5) is 19.4 Å². The van der Waals surface area contributed by atoms with Crippen LogP contribution >= 0.6 is 0 Å². The highest BCUT2D eigenvalue weighted by Gasteiger charge is 2.30. The van der Waals surface area contributed by atoms with Crippen molar-refractivity contribution in [2.45, 2.75) is 26.4 Å². The fourth-order valence-electron chi connectivity index (χ4n) is 2.88. The fourth-order valence-corrected chi connectivity index (χ4v) is 2.88. The van der Waals surface area contributed by atoms with Gasteiger partial charge in [-0.1, -0.05) is 4.48 Å². The number of halogens is 2. The first kappa shape index (κ1) is 17.4. The molecule has 0 aromatic heterocycles. The van der Waals surface area contributed by atoms with Crippen molar-refractivity contribution in [1.29, 1.82) is 0 Å². The predicted molar refractivity (Wildman–Crippen MR) is 90.8 cm³/mol. The van der Waals surface area contributed by atoms with Gasteiger partial charge in [-0.3, -0.25) is 0 Å². The molecule has 2 heterocycles. The molecule has 1 aromatic rings. The van der Waals surface area contributed by atoms with E-state index in [4.69, 9.17) is 4.74 Å². The van der Waals surface area contributed by atoms with Gasteiger partial charge in [-0.05, 0) is 32.9 Å². The number of rotatable bonds is 0. The van der Waals surface area contributed by atoms with Gasteiger partial charge >= 0.3 is 6.09 Å². The Balaban J connectivity index is 1.69. The van der Waals surface area contributed by atoms with Gasteiger partial charge in [-0.25, -0.2) is 14.2 Å². The molecule has 0 bridgehead atoms. The summed E-state index contributed by atoms with van der Waals surface area (Å²) in [6.07, 6.45) is -0.338. The Morgan fingerprint density at radius 3 is 2.52 bits per heavy atom. The van der Waals surface area contributed by atoms with Crippen LogP contribution in [0.25, 0.3) is 0 Å². The fraction of sp³-hybridized carbons (Fsp3) is 0.529. The highest BCUT2D eigenvalue weighted by molar-refractivity contribution is 6.04. The molecule has 0 aliphatic carbocycles. The Hall–Kier alpha value is -2.38. The van der Waals surface area contributed by atoms with Crippen LogP contribution in [-0.4, -0.2) is 60.2 Å². The summed E-state index contributed by atoms with van der Waals surface area (Å²) in [5, 5.41) is 0.429. The highest BCUT2D eigenvalue weighted by atomic mass is 19.2. The van der Waals surface area contributed by atoms with Gasteiger partial charge in [0.1, 0.15) is 23.9 Å². The maximum Gasteiger partial charge on any atom is 0.410 e. The molecule has 1 fully saturated rings. The average molecular weight is 352 g/mol. The summed E-state index contributed by atoms with van der Waals surface area (Å²) in [6, 6.07) is 4.00. The zero-order valence-corrected chi connectivity index (χ0v) is 14.6. The Bertz CT molecular complexity index is 694. The topological polar surface area (TPSA) is 48.4 Å². The lowest BCUT2D eigenvalue weighted by atomic mass is 10.1. The Morgan fingerprint density at radius 2 is 1.88 bits per heavy atom. The summed E-state index contributed by atoms with van der Waals surface area (Å²) in [7, 11) is 0. The zero-order valence-electron chi connectivity index (χ0n) is 14.6. The molecule has 25 heavy (non-hydrogen) atoms. The first-order valence-corrected chi connectivity index (χ1v) is 8.25. The number of nitrogens with zero attached hydrogens (tertiary/aromatic N) is 4. The van der Waals surface area contributed by atoms with E-state index >= 15 is 0 Å². The second kappa shape index (κ2) is 6.50. The molecule has 1 saturated heterocycles. The second-order valence-corrected chi connectivity index (χ2v) is 7.10.